The van der Waals surface area contributed by atoms with E-state index in [-0.39, 0.29) is 10.9 Å². The molecule has 0 radical (unpaired) electrons. The smallest absolute Gasteiger partial charge is 0.218 e. The molecule has 5 aromatic rings. The molecule has 28 heavy (non-hydrogen) atoms. The van der Waals surface area contributed by atoms with E-state index in [0.717, 1.165) is 0 Å². The Hall–Kier alpha value is -3.93. The van der Waals surface area contributed by atoms with Gasteiger partial charge in [0.05, 0.1) is 30.3 Å². The van der Waals surface area contributed by atoms with E-state index >= 15 is 0 Å². The van der Waals surface area contributed by atoms with Crippen molar-refractivity contribution in [3.63, 3.8) is 0 Å². The third-order valence-corrected chi connectivity index (χ3v) is 4.20. The fraction of sp³-hybridized carbons (Fsp3) is 0.0455. The van der Waals surface area contributed by atoms with Crippen molar-refractivity contribution in [1.29, 1.82) is 0 Å². The van der Waals surface area contributed by atoms with Crippen molar-refractivity contribution in [1.82, 2.24) is 4.98 Å². The molecule has 6 nitrogen and oxygen atoms in total. The summed E-state index contributed by atoms with van der Waals surface area (Å²) in [5, 5.41) is 1.17. The third kappa shape index (κ3) is 3.23. The summed E-state index contributed by atoms with van der Waals surface area (Å²) in [6, 6.07) is 17.4. The van der Waals surface area contributed by atoms with Gasteiger partial charge in [-0.3, -0.25) is 9.59 Å². The zero-order valence-electron chi connectivity index (χ0n) is 14.9. The summed E-state index contributed by atoms with van der Waals surface area (Å²) < 4.78 is 15.8. The van der Waals surface area contributed by atoms with Crippen molar-refractivity contribution in [3.8, 4) is 5.75 Å². The first kappa shape index (κ1) is 17.5. The van der Waals surface area contributed by atoms with Gasteiger partial charge in [-0.15, -0.1) is 0 Å². The van der Waals surface area contributed by atoms with Crippen LogP contribution < -0.4 is 15.6 Å². The molecule has 5 rings (SSSR count). The van der Waals surface area contributed by atoms with Crippen LogP contribution >= 0.6 is 0 Å². The van der Waals surface area contributed by atoms with Gasteiger partial charge in [-0.25, -0.2) is 4.98 Å². The fourth-order valence-electron chi connectivity index (χ4n) is 2.81. The maximum absolute atomic E-state index is 12.1. The predicted octanol–water partition coefficient (Wildman–Crippen LogP) is 4.14. The van der Waals surface area contributed by atoms with Crippen LogP contribution in [0.15, 0.2) is 91.5 Å². The first-order valence-corrected chi connectivity index (χ1v) is 8.49. The number of para-hydroxylation sites is 2. The number of rotatable bonds is 1. The van der Waals surface area contributed by atoms with E-state index in [1.54, 1.807) is 43.5 Å². The minimum absolute atomic E-state index is 0.00634. The van der Waals surface area contributed by atoms with Crippen LogP contribution in [-0.2, 0) is 0 Å². The summed E-state index contributed by atoms with van der Waals surface area (Å²) in [5.74, 6) is 0.566. The molecule has 0 bridgehead atoms. The van der Waals surface area contributed by atoms with Gasteiger partial charge in [0.25, 0.3) is 0 Å². The van der Waals surface area contributed by atoms with Crippen LogP contribution in [-0.4, -0.2) is 12.1 Å². The van der Waals surface area contributed by atoms with Crippen LogP contribution in [0.25, 0.3) is 33.0 Å². The largest absolute Gasteiger partial charge is 0.495 e. The quantitative estimate of drug-likeness (QED) is 0.411. The second kappa shape index (κ2) is 7.36. The van der Waals surface area contributed by atoms with Crippen molar-refractivity contribution >= 4 is 33.0 Å². The van der Waals surface area contributed by atoms with E-state index in [4.69, 9.17) is 13.6 Å². The van der Waals surface area contributed by atoms with Gasteiger partial charge in [-0.1, -0.05) is 24.3 Å². The second-order valence-corrected chi connectivity index (χ2v) is 5.93. The average molecular weight is 373 g/mol. The topological polar surface area (TPSA) is 82.5 Å². The van der Waals surface area contributed by atoms with Gasteiger partial charge in [0.2, 0.25) is 5.43 Å². The maximum Gasteiger partial charge on any atom is 0.218 e. The van der Waals surface area contributed by atoms with Gasteiger partial charge in [0.1, 0.15) is 16.9 Å². The molecule has 0 aliphatic heterocycles. The maximum atomic E-state index is 12.1. The number of fused-ring (bicyclic) bond motifs is 3. The monoisotopic (exact) mass is 373 g/mol. The molecule has 3 aromatic heterocycles. The van der Waals surface area contributed by atoms with Crippen LogP contribution in [0.2, 0.25) is 0 Å². The Balaban J connectivity index is 0.000000151. The van der Waals surface area contributed by atoms with E-state index < -0.39 is 0 Å². The van der Waals surface area contributed by atoms with Gasteiger partial charge in [-0.2, -0.15) is 0 Å². The third-order valence-electron chi connectivity index (χ3n) is 4.20. The van der Waals surface area contributed by atoms with Gasteiger partial charge >= 0.3 is 0 Å². The van der Waals surface area contributed by atoms with Gasteiger partial charge in [-0.05, 0) is 24.3 Å². The number of ether oxygens (including phenoxy) is 1. The summed E-state index contributed by atoms with van der Waals surface area (Å²) in [4.78, 5) is 27.3. The summed E-state index contributed by atoms with van der Waals surface area (Å²) in [6.07, 6.45) is 2.92. The number of pyridine rings is 1. The summed E-state index contributed by atoms with van der Waals surface area (Å²) in [7, 11) is 1.54. The predicted molar refractivity (Wildman–Crippen MR) is 107 cm³/mol. The average Bonchev–Trinajstić information content (AvgIpc) is 2.74. The van der Waals surface area contributed by atoms with Crippen molar-refractivity contribution in [2.45, 2.75) is 0 Å². The highest BCUT2D eigenvalue weighted by Gasteiger charge is 2.08. The zero-order chi connectivity index (χ0) is 19.5. The minimum Gasteiger partial charge on any atom is -0.495 e. The number of hydrogen-bond donors (Lipinski definition) is 0. The lowest BCUT2D eigenvalue weighted by molar-refractivity contribution is 0.413. The van der Waals surface area contributed by atoms with E-state index in [2.05, 4.69) is 4.98 Å². The van der Waals surface area contributed by atoms with Crippen LogP contribution in [0.1, 0.15) is 0 Å². The van der Waals surface area contributed by atoms with Crippen molar-refractivity contribution in [2.24, 2.45) is 0 Å². The molecule has 0 atom stereocenters. The van der Waals surface area contributed by atoms with Gasteiger partial charge in [0, 0.05) is 12.1 Å². The molecule has 0 saturated heterocycles. The summed E-state index contributed by atoms with van der Waals surface area (Å²) in [6.45, 7) is 0. The standard InChI is InChI=1S/C13H9NO3.C9H6O2/c1-16-8-6-11-12(14-7-8)13(15)9-4-2-3-5-10(9)17-11;10-8-5-6-11-9-4-2-1-3-7(8)9/h2-7H,1H3;1-6H. The fourth-order valence-corrected chi connectivity index (χ4v) is 2.81. The number of aromatic nitrogens is 1. The first-order chi connectivity index (χ1) is 13.7. The molecule has 0 N–H and O–H groups in total. The summed E-state index contributed by atoms with van der Waals surface area (Å²) in [5.41, 5.74) is 1.84. The van der Waals surface area contributed by atoms with Crippen molar-refractivity contribution < 1.29 is 13.6 Å². The molecule has 138 valence electrons. The lowest BCUT2D eigenvalue weighted by Crippen LogP contribution is -2.03. The highest BCUT2D eigenvalue weighted by molar-refractivity contribution is 5.87. The Bertz CT molecular complexity index is 1400. The Kier molecular flexibility index (Phi) is 4.60. The molecular weight excluding hydrogens is 358 g/mol. The minimum atomic E-state index is -0.121. The molecule has 0 unspecified atom stereocenters. The van der Waals surface area contributed by atoms with Gasteiger partial charge < -0.3 is 13.6 Å². The van der Waals surface area contributed by atoms with Crippen LogP contribution in [0.3, 0.4) is 0 Å². The molecule has 0 aliphatic carbocycles. The Morgan fingerprint density at radius 1 is 0.857 bits per heavy atom. The molecular formula is C22H15NO5. The molecule has 0 saturated carbocycles. The SMILES string of the molecule is COc1cnc2c(=O)c3ccccc3oc2c1.O=c1ccoc2ccccc12. The second-order valence-electron chi connectivity index (χ2n) is 5.93. The number of nitrogens with zero attached hydrogens (tertiary/aromatic N) is 1. The molecule has 6 heteroatoms. The van der Waals surface area contributed by atoms with Crippen molar-refractivity contribution in [3.05, 3.63) is 93.6 Å². The van der Waals surface area contributed by atoms with Crippen LogP contribution in [0.5, 0.6) is 5.75 Å². The number of benzene rings is 2. The van der Waals surface area contributed by atoms with E-state index in [9.17, 15) is 9.59 Å². The normalized spacial score (nSPS) is 10.6. The molecule has 0 amide bonds. The van der Waals surface area contributed by atoms with E-state index in [0.29, 0.717) is 38.8 Å². The van der Waals surface area contributed by atoms with Crippen molar-refractivity contribution in [2.75, 3.05) is 7.11 Å². The Labute approximate surface area is 158 Å². The first-order valence-electron chi connectivity index (χ1n) is 8.49. The number of hydrogen-bond acceptors (Lipinski definition) is 6. The Morgan fingerprint density at radius 2 is 1.57 bits per heavy atom. The Morgan fingerprint density at radius 3 is 2.32 bits per heavy atom. The number of methoxy groups -OCH3 is 1. The highest BCUT2D eigenvalue weighted by Crippen LogP contribution is 2.20. The molecule has 0 aliphatic rings. The molecule has 0 fully saturated rings. The zero-order valence-corrected chi connectivity index (χ0v) is 14.9. The van der Waals surface area contributed by atoms with E-state index in [1.165, 1.54) is 18.5 Å². The molecule has 0 spiro atoms. The summed E-state index contributed by atoms with van der Waals surface area (Å²) >= 11 is 0. The van der Waals surface area contributed by atoms with E-state index in [1.807, 2.05) is 18.2 Å². The molecule has 2 aromatic carbocycles. The van der Waals surface area contributed by atoms with Gasteiger partial charge in [0.15, 0.2) is 16.5 Å². The highest BCUT2D eigenvalue weighted by atomic mass is 16.5. The van der Waals surface area contributed by atoms with Crippen LogP contribution in [0, 0.1) is 0 Å². The molecule has 3 heterocycles. The lowest BCUT2D eigenvalue weighted by atomic mass is 10.2. The van der Waals surface area contributed by atoms with Crippen LogP contribution in [0.4, 0.5) is 0 Å². The lowest BCUT2D eigenvalue weighted by Gasteiger charge is -2.02.